The van der Waals surface area contributed by atoms with E-state index in [9.17, 15) is 0 Å². The lowest BCUT2D eigenvalue weighted by Gasteiger charge is -2.21. The Hall–Kier alpha value is -0.780. The van der Waals surface area contributed by atoms with E-state index in [-0.39, 0.29) is 0 Å². The Labute approximate surface area is 120 Å². The van der Waals surface area contributed by atoms with Gasteiger partial charge in [0.25, 0.3) is 0 Å². The molecule has 0 N–H and O–H groups in total. The molecule has 19 heavy (non-hydrogen) atoms. The molecule has 108 valence electrons. The molecule has 0 radical (unpaired) electrons. The third kappa shape index (κ3) is 6.80. The normalized spacial score (nSPS) is 12.8. The van der Waals surface area contributed by atoms with E-state index in [0.29, 0.717) is 0 Å². The van der Waals surface area contributed by atoms with Gasteiger partial charge in [0.15, 0.2) is 0 Å². The summed E-state index contributed by atoms with van der Waals surface area (Å²) >= 11 is 0. The Morgan fingerprint density at radius 1 is 0.789 bits per heavy atom. The van der Waals surface area contributed by atoms with Gasteiger partial charge in [-0.05, 0) is 23.8 Å². The van der Waals surface area contributed by atoms with Crippen molar-refractivity contribution in [3.63, 3.8) is 0 Å². The first-order valence-electron chi connectivity index (χ1n) is 8.30. The molecule has 1 aromatic carbocycles. The van der Waals surface area contributed by atoms with E-state index in [1.165, 1.54) is 56.9 Å². The molecule has 0 spiro atoms. The third-order valence-corrected chi connectivity index (χ3v) is 4.15. The second-order valence-electron chi connectivity index (χ2n) is 6.17. The van der Waals surface area contributed by atoms with Gasteiger partial charge in [-0.25, -0.2) is 0 Å². The van der Waals surface area contributed by atoms with Crippen molar-refractivity contribution in [3.8, 4) is 0 Å². The van der Waals surface area contributed by atoms with Crippen molar-refractivity contribution in [2.45, 2.75) is 78.1 Å². The summed E-state index contributed by atoms with van der Waals surface area (Å²) in [6.45, 7) is 7.00. The van der Waals surface area contributed by atoms with Crippen molar-refractivity contribution in [2.24, 2.45) is 5.92 Å². The highest BCUT2D eigenvalue weighted by Crippen LogP contribution is 2.29. The molecule has 1 aromatic rings. The van der Waals surface area contributed by atoms with Crippen LogP contribution in [-0.2, 0) is 0 Å². The van der Waals surface area contributed by atoms with Gasteiger partial charge in [-0.1, -0.05) is 96.0 Å². The Bertz CT molecular complexity index is 299. The quantitative estimate of drug-likeness (QED) is 0.417. The van der Waals surface area contributed by atoms with Crippen molar-refractivity contribution < 1.29 is 0 Å². The number of hydrogen-bond donors (Lipinski definition) is 0. The lowest BCUT2D eigenvalue weighted by atomic mass is 9.84. The minimum Gasteiger partial charge on any atom is -0.0654 e. The van der Waals surface area contributed by atoms with Gasteiger partial charge in [0, 0.05) is 0 Å². The fourth-order valence-electron chi connectivity index (χ4n) is 2.91. The van der Waals surface area contributed by atoms with Crippen LogP contribution in [0.25, 0.3) is 0 Å². The van der Waals surface area contributed by atoms with Gasteiger partial charge >= 0.3 is 0 Å². The molecule has 0 aliphatic carbocycles. The predicted molar refractivity (Wildman–Crippen MR) is 86.6 cm³/mol. The summed E-state index contributed by atoms with van der Waals surface area (Å²) in [5.74, 6) is 1.50. The summed E-state index contributed by atoms with van der Waals surface area (Å²) in [5, 5.41) is 0. The predicted octanol–water partition coefficient (Wildman–Crippen LogP) is 6.57. The Balaban J connectivity index is 2.24. The van der Waals surface area contributed by atoms with Crippen LogP contribution < -0.4 is 0 Å². The van der Waals surface area contributed by atoms with Gasteiger partial charge < -0.3 is 0 Å². The average molecular weight is 260 g/mol. The summed E-state index contributed by atoms with van der Waals surface area (Å²) < 4.78 is 0. The molecular formula is C19H32. The van der Waals surface area contributed by atoms with Crippen LogP contribution in [0.1, 0.15) is 83.6 Å². The minimum atomic E-state index is 0.747. The molecule has 0 fully saturated rings. The second-order valence-corrected chi connectivity index (χ2v) is 6.17. The number of rotatable bonds is 10. The van der Waals surface area contributed by atoms with Crippen molar-refractivity contribution in [2.75, 3.05) is 0 Å². The summed E-state index contributed by atoms with van der Waals surface area (Å²) in [6.07, 6.45) is 11.2. The topological polar surface area (TPSA) is 0 Å². The lowest BCUT2D eigenvalue weighted by molar-refractivity contribution is 0.441. The highest BCUT2D eigenvalue weighted by Gasteiger charge is 2.14. The zero-order valence-corrected chi connectivity index (χ0v) is 13.2. The molecule has 0 amide bonds. The van der Waals surface area contributed by atoms with Crippen molar-refractivity contribution in [3.05, 3.63) is 35.9 Å². The minimum absolute atomic E-state index is 0.747. The first-order valence-corrected chi connectivity index (χ1v) is 8.30. The first kappa shape index (κ1) is 16.3. The zero-order chi connectivity index (χ0) is 13.9. The maximum atomic E-state index is 2.36. The third-order valence-electron chi connectivity index (χ3n) is 4.15. The van der Waals surface area contributed by atoms with Crippen LogP contribution in [0.2, 0.25) is 0 Å². The van der Waals surface area contributed by atoms with E-state index in [4.69, 9.17) is 0 Å². The highest BCUT2D eigenvalue weighted by atomic mass is 14.2. The van der Waals surface area contributed by atoms with Crippen LogP contribution in [0.3, 0.4) is 0 Å². The summed E-state index contributed by atoms with van der Waals surface area (Å²) in [5.41, 5.74) is 1.53. The van der Waals surface area contributed by atoms with Crippen LogP contribution in [0.5, 0.6) is 0 Å². The van der Waals surface area contributed by atoms with E-state index < -0.39 is 0 Å². The smallest absolute Gasteiger partial charge is 0.0139 e. The molecule has 0 heteroatoms. The SMILES string of the molecule is CCCCCCCCCC(c1ccccc1)C(C)C. The van der Waals surface area contributed by atoms with E-state index >= 15 is 0 Å². The van der Waals surface area contributed by atoms with Gasteiger partial charge in [-0.15, -0.1) is 0 Å². The largest absolute Gasteiger partial charge is 0.0654 e. The standard InChI is InChI=1S/C19H32/c1-4-5-6-7-8-9-13-16-19(17(2)3)18-14-11-10-12-15-18/h10-12,14-15,17,19H,4-9,13,16H2,1-3H3. The van der Waals surface area contributed by atoms with Crippen LogP contribution >= 0.6 is 0 Å². The molecule has 1 atom stereocenters. The Morgan fingerprint density at radius 2 is 1.37 bits per heavy atom. The molecule has 0 saturated heterocycles. The van der Waals surface area contributed by atoms with E-state index in [1.807, 2.05) is 0 Å². The molecular weight excluding hydrogens is 228 g/mol. The molecule has 0 nitrogen and oxygen atoms in total. The van der Waals surface area contributed by atoms with E-state index in [0.717, 1.165) is 11.8 Å². The highest BCUT2D eigenvalue weighted by molar-refractivity contribution is 5.19. The zero-order valence-electron chi connectivity index (χ0n) is 13.2. The van der Waals surface area contributed by atoms with Crippen LogP contribution in [0.4, 0.5) is 0 Å². The van der Waals surface area contributed by atoms with Gasteiger partial charge in [0.2, 0.25) is 0 Å². The number of unbranched alkanes of at least 4 members (excludes halogenated alkanes) is 6. The lowest BCUT2D eigenvalue weighted by Crippen LogP contribution is -2.06. The van der Waals surface area contributed by atoms with Crippen LogP contribution in [-0.4, -0.2) is 0 Å². The molecule has 1 unspecified atom stereocenters. The fourth-order valence-corrected chi connectivity index (χ4v) is 2.91. The van der Waals surface area contributed by atoms with Crippen molar-refractivity contribution in [1.82, 2.24) is 0 Å². The van der Waals surface area contributed by atoms with E-state index in [2.05, 4.69) is 51.1 Å². The summed E-state index contributed by atoms with van der Waals surface area (Å²) in [6, 6.07) is 11.1. The number of hydrogen-bond acceptors (Lipinski definition) is 0. The van der Waals surface area contributed by atoms with Crippen LogP contribution in [0, 0.1) is 5.92 Å². The van der Waals surface area contributed by atoms with Crippen molar-refractivity contribution in [1.29, 1.82) is 0 Å². The molecule has 1 rings (SSSR count). The monoisotopic (exact) mass is 260 g/mol. The first-order chi connectivity index (χ1) is 9.25. The molecule has 0 aromatic heterocycles. The van der Waals surface area contributed by atoms with Crippen LogP contribution in [0.15, 0.2) is 30.3 Å². The van der Waals surface area contributed by atoms with Gasteiger partial charge in [0.05, 0.1) is 0 Å². The van der Waals surface area contributed by atoms with Gasteiger partial charge in [0.1, 0.15) is 0 Å². The van der Waals surface area contributed by atoms with Gasteiger partial charge in [-0.2, -0.15) is 0 Å². The Morgan fingerprint density at radius 3 is 1.95 bits per heavy atom. The van der Waals surface area contributed by atoms with Gasteiger partial charge in [-0.3, -0.25) is 0 Å². The fraction of sp³-hybridized carbons (Fsp3) is 0.684. The number of benzene rings is 1. The maximum absolute atomic E-state index is 2.36. The van der Waals surface area contributed by atoms with Crippen molar-refractivity contribution >= 4 is 0 Å². The molecule has 0 aliphatic rings. The maximum Gasteiger partial charge on any atom is -0.0139 e. The molecule has 0 saturated carbocycles. The average Bonchev–Trinajstić information content (AvgIpc) is 2.42. The second kappa shape index (κ2) is 10.1. The molecule has 0 bridgehead atoms. The Kier molecular flexibility index (Phi) is 8.62. The van der Waals surface area contributed by atoms with E-state index in [1.54, 1.807) is 0 Å². The summed E-state index contributed by atoms with van der Waals surface area (Å²) in [7, 11) is 0. The summed E-state index contributed by atoms with van der Waals surface area (Å²) in [4.78, 5) is 0. The molecule has 0 aliphatic heterocycles. The molecule has 0 heterocycles.